The fourth-order valence-corrected chi connectivity index (χ4v) is 6.89. The number of esters is 1. The summed E-state index contributed by atoms with van der Waals surface area (Å²) in [5.74, 6) is 2.23. The lowest BCUT2D eigenvalue weighted by atomic mass is 9.90. The van der Waals surface area contributed by atoms with Gasteiger partial charge >= 0.3 is 5.97 Å². The predicted molar refractivity (Wildman–Crippen MR) is 210 cm³/mol. The number of rotatable bonds is 18. The molecule has 2 aliphatic rings. The molecule has 3 aromatic rings. The van der Waals surface area contributed by atoms with Crippen LogP contribution in [0.3, 0.4) is 0 Å². The van der Waals surface area contributed by atoms with E-state index in [-0.39, 0.29) is 17.8 Å². The van der Waals surface area contributed by atoms with Gasteiger partial charge in [0, 0.05) is 32.8 Å². The molecule has 9 nitrogen and oxygen atoms in total. The van der Waals surface area contributed by atoms with E-state index >= 15 is 0 Å². The highest BCUT2D eigenvalue weighted by Crippen LogP contribution is 2.34. The van der Waals surface area contributed by atoms with Gasteiger partial charge in [-0.25, -0.2) is 0 Å². The lowest BCUT2D eigenvalue weighted by Crippen LogP contribution is -2.43. The molecule has 3 aromatic carbocycles. The number of ether oxygens (including phenoxy) is 5. The van der Waals surface area contributed by atoms with Crippen molar-refractivity contribution in [3.8, 4) is 17.2 Å². The van der Waals surface area contributed by atoms with Crippen LogP contribution < -0.4 is 19.5 Å². The zero-order chi connectivity index (χ0) is 38.2. The van der Waals surface area contributed by atoms with Gasteiger partial charge in [0.15, 0.2) is 5.75 Å². The monoisotopic (exact) mass is 770 g/mol. The first-order valence-electron chi connectivity index (χ1n) is 18.6. The van der Waals surface area contributed by atoms with Crippen LogP contribution in [0.2, 0.25) is 10.0 Å². The van der Waals surface area contributed by atoms with Gasteiger partial charge in [-0.3, -0.25) is 9.59 Å². The molecular formula is C42H56Cl2N2O7. The predicted octanol–water partition coefficient (Wildman–Crippen LogP) is 8.48. The number of benzene rings is 3. The van der Waals surface area contributed by atoms with E-state index in [9.17, 15) is 9.59 Å². The van der Waals surface area contributed by atoms with E-state index < -0.39 is 5.41 Å². The molecule has 1 saturated heterocycles. The number of nitrogens with zero attached hydrogens (tertiary/aromatic N) is 1. The summed E-state index contributed by atoms with van der Waals surface area (Å²) in [5, 5.41) is 4.41. The molecule has 1 atom stereocenters. The molecule has 1 aliphatic heterocycles. The molecule has 0 aromatic heterocycles. The summed E-state index contributed by atoms with van der Waals surface area (Å²) in [5.41, 5.74) is 2.68. The van der Waals surface area contributed by atoms with Crippen LogP contribution in [0.5, 0.6) is 17.2 Å². The Hall–Kier alpha value is -3.50. The van der Waals surface area contributed by atoms with Crippen molar-refractivity contribution in [1.82, 2.24) is 10.2 Å². The van der Waals surface area contributed by atoms with Crippen LogP contribution in [0.1, 0.15) is 69.1 Å². The number of halogens is 2. The maximum Gasteiger partial charge on any atom is 0.311 e. The first-order valence-corrected chi connectivity index (χ1v) is 19.4. The smallest absolute Gasteiger partial charge is 0.311 e. The van der Waals surface area contributed by atoms with Crippen molar-refractivity contribution in [1.29, 1.82) is 0 Å². The Morgan fingerprint density at radius 1 is 0.849 bits per heavy atom. The van der Waals surface area contributed by atoms with Crippen LogP contribution in [-0.4, -0.2) is 76.6 Å². The molecule has 1 aliphatic carbocycles. The van der Waals surface area contributed by atoms with Gasteiger partial charge < -0.3 is 33.9 Å². The fourth-order valence-electron chi connectivity index (χ4n) is 6.18. The molecule has 2 fully saturated rings. The number of hydrogen-bond acceptors (Lipinski definition) is 8. The Kier molecular flexibility index (Phi) is 17.1. The zero-order valence-electron chi connectivity index (χ0n) is 31.9. The van der Waals surface area contributed by atoms with Gasteiger partial charge in [0.25, 0.3) is 0 Å². The average Bonchev–Trinajstić information content (AvgIpc) is 3.99. The Bertz CT molecular complexity index is 1570. The molecule has 1 saturated carbocycles. The third kappa shape index (κ3) is 14.0. The van der Waals surface area contributed by atoms with Crippen molar-refractivity contribution >= 4 is 35.1 Å². The number of methoxy groups -OCH3 is 2. The Morgan fingerprint density at radius 3 is 2.17 bits per heavy atom. The van der Waals surface area contributed by atoms with Gasteiger partial charge in [-0.05, 0) is 125 Å². The van der Waals surface area contributed by atoms with E-state index in [1.54, 1.807) is 7.11 Å². The van der Waals surface area contributed by atoms with Crippen molar-refractivity contribution < 1.29 is 33.3 Å². The second-order valence-electron chi connectivity index (χ2n) is 14.4. The molecule has 11 heteroatoms. The van der Waals surface area contributed by atoms with Gasteiger partial charge in [-0.1, -0.05) is 47.5 Å². The van der Waals surface area contributed by atoms with Crippen LogP contribution in [0.25, 0.3) is 0 Å². The van der Waals surface area contributed by atoms with E-state index in [2.05, 4.69) is 22.3 Å². The Morgan fingerprint density at radius 2 is 1.53 bits per heavy atom. The molecule has 290 valence electrons. The minimum Gasteiger partial charge on any atom is -0.494 e. The summed E-state index contributed by atoms with van der Waals surface area (Å²) in [4.78, 5) is 27.4. The molecule has 0 bridgehead atoms. The van der Waals surface area contributed by atoms with E-state index in [0.717, 1.165) is 74.2 Å². The summed E-state index contributed by atoms with van der Waals surface area (Å²) < 4.78 is 27.3. The number of carbonyl (C=O) groups is 2. The maximum atomic E-state index is 13.3. The zero-order valence-corrected chi connectivity index (χ0v) is 33.4. The standard InChI is InChI=1S/C27H42N2O5.C15H14Cl2O2/c1-27(2,26(31)33-4)11-14-34-24-16-20(7-6-13-32-3)15-21(17-24)19-29(23-9-10-23)25(30)22-8-5-12-28-18-22;1-11-9-13(16)15(14(17)10-11)19-8-7-18-12-5-3-2-4-6-12/h15-17,22-23,28H,5-14,18-19H2,1-4H3;2-6,9-10H,7-8H2,1H3. The number of aryl methyl sites for hydroxylation is 2. The molecule has 0 spiro atoms. The van der Waals surface area contributed by atoms with E-state index in [0.29, 0.717) is 61.2 Å². The Balaban J connectivity index is 0.000000278. The van der Waals surface area contributed by atoms with Gasteiger partial charge in [0.05, 0.1) is 35.1 Å². The summed E-state index contributed by atoms with van der Waals surface area (Å²) >= 11 is 12.2. The van der Waals surface area contributed by atoms with Gasteiger partial charge in [-0.15, -0.1) is 0 Å². The van der Waals surface area contributed by atoms with Crippen molar-refractivity contribution in [2.45, 2.75) is 78.3 Å². The second kappa shape index (κ2) is 21.4. The molecule has 0 radical (unpaired) electrons. The molecular weight excluding hydrogens is 715 g/mol. The number of piperidine rings is 1. The van der Waals surface area contributed by atoms with E-state index in [4.69, 9.17) is 46.9 Å². The van der Waals surface area contributed by atoms with Gasteiger partial charge in [0.2, 0.25) is 5.91 Å². The largest absolute Gasteiger partial charge is 0.494 e. The van der Waals surface area contributed by atoms with Crippen LogP contribution in [0, 0.1) is 18.3 Å². The third-order valence-electron chi connectivity index (χ3n) is 9.33. The first kappa shape index (κ1) is 42.2. The topological polar surface area (TPSA) is 95.6 Å². The second-order valence-corrected chi connectivity index (χ2v) is 15.2. The number of hydrogen-bond donors (Lipinski definition) is 1. The van der Waals surface area contributed by atoms with Crippen molar-refractivity contribution in [3.63, 3.8) is 0 Å². The maximum absolute atomic E-state index is 13.3. The number of para-hydroxylation sites is 1. The van der Waals surface area contributed by atoms with E-state index in [1.807, 2.05) is 69.3 Å². The van der Waals surface area contributed by atoms with E-state index in [1.165, 1.54) is 12.7 Å². The normalized spacial score (nSPS) is 15.5. The molecule has 5 rings (SSSR count). The summed E-state index contributed by atoms with van der Waals surface area (Å²) in [6.07, 6.45) is 6.57. The van der Waals surface area contributed by atoms with Gasteiger partial charge in [-0.2, -0.15) is 0 Å². The van der Waals surface area contributed by atoms with Crippen molar-refractivity contribution in [2.75, 3.05) is 53.7 Å². The van der Waals surface area contributed by atoms with Crippen LogP contribution >= 0.6 is 23.2 Å². The lowest BCUT2D eigenvalue weighted by Gasteiger charge is -2.30. The van der Waals surface area contributed by atoms with Gasteiger partial charge in [0.1, 0.15) is 24.7 Å². The van der Waals surface area contributed by atoms with Crippen LogP contribution in [0.4, 0.5) is 0 Å². The van der Waals surface area contributed by atoms with Crippen LogP contribution in [-0.2, 0) is 32.0 Å². The third-order valence-corrected chi connectivity index (χ3v) is 9.89. The number of amides is 1. The number of carbonyl (C=O) groups excluding carboxylic acids is 2. The highest BCUT2D eigenvalue weighted by Gasteiger charge is 2.36. The lowest BCUT2D eigenvalue weighted by molar-refractivity contribution is -0.151. The van der Waals surface area contributed by atoms with Crippen molar-refractivity contribution in [2.24, 2.45) is 11.3 Å². The summed E-state index contributed by atoms with van der Waals surface area (Å²) in [7, 11) is 3.13. The first-order chi connectivity index (χ1) is 25.5. The van der Waals surface area contributed by atoms with Crippen LogP contribution in [0.15, 0.2) is 60.7 Å². The minimum atomic E-state index is -0.600. The van der Waals surface area contributed by atoms with Crippen molar-refractivity contribution in [3.05, 3.63) is 87.4 Å². The molecule has 1 amide bonds. The summed E-state index contributed by atoms with van der Waals surface area (Å²) in [6, 6.07) is 19.9. The molecule has 1 heterocycles. The molecule has 1 unspecified atom stereocenters. The average molecular weight is 772 g/mol. The number of nitrogens with one attached hydrogen (secondary N) is 1. The minimum absolute atomic E-state index is 0.0792. The quantitative estimate of drug-likeness (QED) is 0.102. The fraction of sp³-hybridized carbons (Fsp3) is 0.524. The highest BCUT2D eigenvalue weighted by atomic mass is 35.5. The SMILES string of the molecule is COCCCc1cc(CN(C(=O)C2CCCNC2)C2CC2)cc(OCCC(C)(C)C(=O)OC)c1.Cc1cc(Cl)c(OCCOc2ccccc2)c(Cl)c1. The molecule has 53 heavy (non-hydrogen) atoms. The Labute approximate surface area is 325 Å². The highest BCUT2D eigenvalue weighted by molar-refractivity contribution is 6.37. The molecule has 1 N–H and O–H groups in total. The summed E-state index contributed by atoms with van der Waals surface area (Å²) in [6.45, 7) is 10.0.